The third-order valence-corrected chi connectivity index (χ3v) is 2.90. The quantitative estimate of drug-likeness (QED) is 0.863. The van der Waals surface area contributed by atoms with Gasteiger partial charge in [0.2, 0.25) is 0 Å². The summed E-state index contributed by atoms with van der Waals surface area (Å²) in [5.74, 6) is -3.01. The number of anilines is 2. The van der Waals surface area contributed by atoms with Crippen LogP contribution >= 0.6 is 0 Å². The summed E-state index contributed by atoms with van der Waals surface area (Å²) < 4.78 is 50.4. The second kappa shape index (κ2) is 5.51. The Morgan fingerprint density at radius 3 is 2.52 bits per heavy atom. The zero-order valence-corrected chi connectivity index (χ0v) is 10.8. The number of benzene rings is 1. The van der Waals surface area contributed by atoms with Gasteiger partial charge in [-0.2, -0.15) is 9.37 Å². The summed E-state index contributed by atoms with van der Waals surface area (Å²) in [5.41, 5.74) is 0.427. The molecular formula is C14H11F3N2O2. The fourth-order valence-electron chi connectivity index (χ4n) is 1.91. The summed E-state index contributed by atoms with van der Waals surface area (Å²) in [6.07, 6.45) is 0.761. The Kier molecular flexibility index (Phi) is 3.55. The SMILES string of the molecule is Fc1cc(F)c(Nc2ccc3c(c2)OCCCO3)nc1F. The normalized spacial score (nSPS) is 13.7. The third kappa shape index (κ3) is 2.86. The average molecular weight is 296 g/mol. The van der Waals surface area contributed by atoms with Crippen LogP contribution in [0.15, 0.2) is 24.3 Å². The first-order valence-electron chi connectivity index (χ1n) is 6.32. The molecule has 3 rings (SSSR count). The molecule has 2 heterocycles. The minimum Gasteiger partial charge on any atom is -0.490 e. The van der Waals surface area contributed by atoms with Crippen LogP contribution in [0, 0.1) is 17.6 Å². The van der Waals surface area contributed by atoms with Gasteiger partial charge in [-0.05, 0) is 12.1 Å². The lowest BCUT2D eigenvalue weighted by Gasteiger charge is -2.11. The molecule has 0 saturated carbocycles. The van der Waals surface area contributed by atoms with Crippen LogP contribution in [-0.4, -0.2) is 18.2 Å². The minimum atomic E-state index is -1.37. The van der Waals surface area contributed by atoms with E-state index in [0.29, 0.717) is 36.5 Å². The van der Waals surface area contributed by atoms with Gasteiger partial charge in [-0.1, -0.05) is 0 Å². The van der Waals surface area contributed by atoms with Gasteiger partial charge in [0, 0.05) is 24.2 Å². The molecule has 1 aliphatic heterocycles. The maximum absolute atomic E-state index is 13.5. The van der Waals surface area contributed by atoms with Crippen molar-refractivity contribution in [1.29, 1.82) is 0 Å². The molecule has 1 aromatic carbocycles. The van der Waals surface area contributed by atoms with Crippen LogP contribution in [-0.2, 0) is 0 Å². The highest BCUT2D eigenvalue weighted by molar-refractivity contribution is 5.61. The van der Waals surface area contributed by atoms with Crippen LogP contribution in [0.5, 0.6) is 11.5 Å². The predicted molar refractivity (Wildman–Crippen MR) is 69.4 cm³/mol. The molecule has 0 aliphatic carbocycles. The molecule has 21 heavy (non-hydrogen) atoms. The second-order valence-electron chi connectivity index (χ2n) is 4.43. The molecule has 1 N–H and O–H groups in total. The molecule has 0 bridgehead atoms. The predicted octanol–water partition coefficient (Wildman–Crippen LogP) is 3.40. The summed E-state index contributed by atoms with van der Waals surface area (Å²) in [4.78, 5) is 3.20. The van der Waals surface area contributed by atoms with Crippen molar-refractivity contribution < 1.29 is 22.6 Å². The van der Waals surface area contributed by atoms with E-state index in [2.05, 4.69) is 10.3 Å². The molecule has 4 nitrogen and oxygen atoms in total. The Balaban J connectivity index is 1.88. The molecule has 1 aromatic heterocycles. The molecule has 0 unspecified atom stereocenters. The van der Waals surface area contributed by atoms with Gasteiger partial charge in [0.1, 0.15) is 0 Å². The van der Waals surface area contributed by atoms with Crippen molar-refractivity contribution in [3.05, 3.63) is 41.8 Å². The van der Waals surface area contributed by atoms with Gasteiger partial charge in [0.25, 0.3) is 5.95 Å². The van der Waals surface area contributed by atoms with Crippen LogP contribution in [0.4, 0.5) is 24.7 Å². The van der Waals surface area contributed by atoms with E-state index in [9.17, 15) is 13.2 Å². The fourth-order valence-corrected chi connectivity index (χ4v) is 1.91. The fraction of sp³-hybridized carbons (Fsp3) is 0.214. The second-order valence-corrected chi connectivity index (χ2v) is 4.43. The van der Waals surface area contributed by atoms with Gasteiger partial charge in [0.05, 0.1) is 13.2 Å². The largest absolute Gasteiger partial charge is 0.490 e. The number of ether oxygens (including phenoxy) is 2. The lowest BCUT2D eigenvalue weighted by atomic mass is 10.2. The Morgan fingerprint density at radius 1 is 0.952 bits per heavy atom. The Morgan fingerprint density at radius 2 is 1.71 bits per heavy atom. The zero-order chi connectivity index (χ0) is 14.8. The van der Waals surface area contributed by atoms with Gasteiger partial charge < -0.3 is 14.8 Å². The minimum absolute atomic E-state index is 0.400. The summed E-state index contributed by atoms with van der Waals surface area (Å²) in [6.45, 7) is 1.06. The van der Waals surface area contributed by atoms with Gasteiger partial charge in [-0.3, -0.25) is 0 Å². The van der Waals surface area contributed by atoms with Crippen molar-refractivity contribution in [3.8, 4) is 11.5 Å². The number of hydrogen-bond donors (Lipinski definition) is 1. The van der Waals surface area contributed by atoms with Crippen LogP contribution in [0.1, 0.15) is 6.42 Å². The molecule has 0 spiro atoms. The molecule has 7 heteroatoms. The topological polar surface area (TPSA) is 43.4 Å². The van der Waals surface area contributed by atoms with Gasteiger partial charge >= 0.3 is 0 Å². The highest BCUT2D eigenvalue weighted by Gasteiger charge is 2.14. The van der Waals surface area contributed by atoms with E-state index in [0.717, 1.165) is 6.42 Å². The number of aromatic nitrogens is 1. The van der Waals surface area contributed by atoms with E-state index in [1.807, 2.05) is 0 Å². The van der Waals surface area contributed by atoms with Gasteiger partial charge in [0.15, 0.2) is 29.0 Å². The molecule has 1 aliphatic rings. The summed E-state index contributed by atoms with van der Waals surface area (Å²) >= 11 is 0. The van der Waals surface area contributed by atoms with E-state index >= 15 is 0 Å². The number of halogens is 3. The first kappa shape index (κ1) is 13.5. The van der Waals surface area contributed by atoms with E-state index in [1.165, 1.54) is 0 Å². The van der Waals surface area contributed by atoms with E-state index in [1.54, 1.807) is 18.2 Å². The van der Waals surface area contributed by atoms with Crippen molar-refractivity contribution in [3.63, 3.8) is 0 Å². The van der Waals surface area contributed by atoms with Crippen LogP contribution in [0.3, 0.4) is 0 Å². The van der Waals surface area contributed by atoms with Crippen molar-refractivity contribution in [2.24, 2.45) is 0 Å². The van der Waals surface area contributed by atoms with Crippen LogP contribution < -0.4 is 14.8 Å². The third-order valence-electron chi connectivity index (χ3n) is 2.90. The van der Waals surface area contributed by atoms with E-state index in [4.69, 9.17) is 9.47 Å². The summed E-state index contributed by atoms with van der Waals surface area (Å²) in [7, 11) is 0. The highest BCUT2D eigenvalue weighted by atomic mass is 19.2. The lowest BCUT2D eigenvalue weighted by Crippen LogP contribution is -2.02. The molecule has 0 radical (unpaired) electrons. The summed E-state index contributed by atoms with van der Waals surface area (Å²) in [6, 6.07) is 5.29. The van der Waals surface area contributed by atoms with Crippen molar-refractivity contribution in [2.75, 3.05) is 18.5 Å². The molecule has 0 amide bonds. The maximum Gasteiger partial charge on any atom is 0.251 e. The van der Waals surface area contributed by atoms with Gasteiger partial charge in [-0.25, -0.2) is 8.78 Å². The number of pyridine rings is 1. The van der Waals surface area contributed by atoms with Crippen molar-refractivity contribution >= 4 is 11.5 Å². The van der Waals surface area contributed by atoms with Crippen LogP contribution in [0.2, 0.25) is 0 Å². The molecule has 0 saturated heterocycles. The standard InChI is InChI=1S/C14H11F3N2O2/c15-9-7-10(16)14(19-13(9)17)18-8-2-3-11-12(6-8)21-5-1-4-20-11/h2-3,6-7H,1,4-5H2,(H,18,19). The number of fused-ring (bicyclic) bond motifs is 1. The molecule has 0 fully saturated rings. The number of hydrogen-bond acceptors (Lipinski definition) is 4. The average Bonchev–Trinajstić information content (AvgIpc) is 2.69. The maximum atomic E-state index is 13.5. The highest BCUT2D eigenvalue weighted by Crippen LogP contribution is 2.33. The van der Waals surface area contributed by atoms with Crippen LogP contribution in [0.25, 0.3) is 0 Å². The number of nitrogens with one attached hydrogen (secondary N) is 1. The number of rotatable bonds is 2. The molecular weight excluding hydrogens is 285 g/mol. The smallest absolute Gasteiger partial charge is 0.251 e. The Labute approximate surface area is 118 Å². The Hall–Kier alpha value is -2.44. The summed E-state index contributed by atoms with van der Waals surface area (Å²) in [5, 5.41) is 2.58. The molecule has 2 aromatic rings. The van der Waals surface area contributed by atoms with Gasteiger partial charge in [-0.15, -0.1) is 0 Å². The Bertz CT molecular complexity index is 680. The lowest BCUT2D eigenvalue weighted by molar-refractivity contribution is 0.297. The van der Waals surface area contributed by atoms with Crippen molar-refractivity contribution in [1.82, 2.24) is 4.98 Å². The molecule has 0 atom stereocenters. The monoisotopic (exact) mass is 296 g/mol. The molecule has 110 valence electrons. The van der Waals surface area contributed by atoms with Crippen molar-refractivity contribution in [2.45, 2.75) is 6.42 Å². The number of nitrogens with zero attached hydrogens (tertiary/aromatic N) is 1. The van der Waals surface area contributed by atoms with E-state index in [-0.39, 0.29) is 0 Å². The zero-order valence-electron chi connectivity index (χ0n) is 10.8. The first-order chi connectivity index (χ1) is 10.1. The van der Waals surface area contributed by atoms with E-state index < -0.39 is 23.4 Å². The first-order valence-corrected chi connectivity index (χ1v) is 6.32.